The molecule has 0 unspecified atom stereocenters. The van der Waals surface area contributed by atoms with E-state index in [1.807, 2.05) is 0 Å². The van der Waals surface area contributed by atoms with E-state index in [0.29, 0.717) is 0 Å². The quantitative estimate of drug-likeness (QED) is 0.376. The topological polar surface area (TPSA) is 13.0 Å². The van der Waals surface area contributed by atoms with Crippen molar-refractivity contribution >= 4 is 26.6 Å². The van der Waals surface area contributed by atoms with Gasteiger partial charge < -0.3 is 19.6 Å². The van der Waals surface area contributed by atoms with Crippen molar-refractivity contribution in [2.45, 2.75) is 13.1 Å². The van der Waals surface area contributed by atoms with Crippen molar-refractivity contribution in [3.05, 3.63) is 110 Å². The average molecular weight is 685 g/mol. The Kier molecular flexibility index (Phi) is 8.97. The molecule has 0 aliphatic carbocycles. The molecule has 0 N–H and O–H groups in total. The second kappa shape index (κ2) is 11.7. The molecule has 0 bridgehead atoms. The Labute approximate surface area is 189 Å². The van der Waals surface area contributed by atoms with Gasteiger partial charge in [-0.05, 0) is 35.9 Å². The van der Waals surface area contributed by atoms with E-state index in [1.54, 1.807) is 0 Å². The van der Waals surface area contributed by atoms with E-state index in [4.69, 9.17) is 0 Å². The molecular weight excluding hydrogens is 663 g/mol. The molecule has 0 spiro atoms. The van der Waals surface area contributed by atoms with Crippen molar-refractivity contribution in [2.75, 3.05) is 6.67 Å². The molecule has 0 saturated heterocycles. The summed E-state index contributed by atoms with van der Waals surface area (Å²) in [6, 6.07) is 21.1. The molecule has 0 saturated carbocycles. The number of benzene rings is 2. The molecule has 0 radical (unpaired) electrons. The zero-order valence-corrected chi connectivity index (χ0v) is 20.7. The Morgan fingerprint density at radius 3 is 1.36 bits per heavy atom. The predicted molar refractivity (Wildman–Crippen MR) is 117 cm³/mol. The van der Waals surface area contributed by atoms with Gasteiger partial charge in [-0.3, -0.25) is 0 Å². The van der Waals surface area contributed by atoms with Crippen LogP contribution in [0.1, 0.15) is 11.1 Å². The van der Waals surface area contributed by atoms with Crippen LogP contribution < -0.4 is 0 Å². The van der Waals surface area contributed by atoms with Crippen LogP contribution in [0.4, 0.5) is 0 Å². The molecule has 2 aliphatic heterocycles. The molecule has 4 nitrogen and oxygen atoms in total. The van der Waals surface area contributed by atoms with Gasteiger partial charge in [0.05, 0.1) is 0 Å². The van der Waals surface area contributed by atoms with Gasteiger partial charge in [-0.15, -0.1) is 0 Å². The van der Waals surface area contributed by atoms with E-state index < -0.39 is 0 Å². The summed E-state index contributed by atoms with van der Waals surface area (Å²) in [7, 11) is 0. The van der Waals surface area contributed by atoms with Crippen LogP contribution in [0.2, 0.25) is 0 Å². The monoisotopic (exact) mass is 683 g/mol. The van der Waals surface area contributed by atoms with Crippen LogP contribution in [0, 0.1) is 13.3 Å². The number of halogens is 2. The molecule has 2 aliphatic rings. The molecule has 0 fully saturated rings. The SMILES string of the molecule is C1=CN(CN2C=CN(Cc3ccccc3)[CH-]2)[CH-]N1Cc1ccccc1.[Br][Pt+2][Br]. The third kappa shape index (κ3) is 6.98. The summed E-state index contributed by atoms with van der Waals surface area (Å²) in [5, 5.41) is 0. The molecule has 2 aromatic rings. The van der Waals surface area contributed by atoms with Crippen molar-refractivity contribution in [3.8, 4) is 0 Å². The Hall–Kier alpha value is -1.23. The van der Waals surface area contributed by atoms with Gasteiger partial charge in [0.25, 0.3) is 0 Å². The number of nitrogens with zero attached hydrogens (tertiary/aromatic N) is 4. The summed E-state index contributed by atoms with van der Waals surface area (Å²) in [5.74, 6) is 0. The first-order valence-electron chi connectivity index (χ1n) is 8.76. The second-order valence-corrected chi connectivity index (χ2v) is 16.3. The summed E-state index contributed by atoms with van der Waals surface area (Å²) in [4.78, 5) is 8.79. The van der Waals surface area contributed by atoms with E-state index in [-0.39, 0.29) is 14.5 Å². The van der Waals surface area contributed by atoms with Crippen molar-refractivity contribution in [1.82, 2.24) is 19.6 Å². The summed E-state index contributed by atoms with van der Waals surface area (Å²) in [6.07, 6.45) is 8.47. The molecule has 7 heteroatoms. The normalized spacial score (nSPS) is 15.4. The standard InChI is InChI=1S/C21H22N4.2BrH.Pt/c1-3-7-20(8-4-1)15-22-11-13-24(17-22)19-25-14-12-23(18-25)16-21-9-5-2-6-10-21;;;/h1-14,17-18H,15-16,19H2;2*1H;/q-2;;;+4/p-2. The van der Waals surface area contributed by atoms with Gasteiger partial charge in [0, 0.05) is 19.8 Å². The summed E-state index contributed by atoms with van der Waals surface area (Å²) >= 11 is 6.56. The van der Waals surface area contributed by atoms with Crippen molar-refractivity contribution < 1.29 is 14.5 Å². The molecular formula is C21H22Br2N4Pt. The first kappa shape index (κ1) is 21.5. The van der Waals surface area contributed by atoms with Crippen LogP contribution in [0.5, 0.6) is 0 Å². The van der Waals surface area contributed by atoms with Crippen LogP contribution in [-0.4, -0.2) is 26.3 Å². The minimum atomic E-state index is 0.208. The van der Waals surface area contributed by atoms with Gasteiger partial charge in [0.2, 0.25) is 0 Å². The van der Waals surface area contributed by atoms with Gasteiger partial charge in [0.15, 0.2) is 0 Å². The summed E-state index contributed by atoms with van der Waals surface area (Å²) in [6.45, 7) is 6.90. The van der Waals surface area contributed by atoms with Gasteiger partial charge in [-0.2, -0.15) is 13.3 Å². The van der Waals surface area contributed by atoms with E-state index in [0.717, 1.165) is 19.8 Å². The van der Waals surface area contributed by atoms with Crippen molar-refractivity contribution in [3.63, 3.8) is 0 Å². The fourth-order valence-corrected chi connectivity index (χ4v) is 3.01. The molecule has 4 rings (SSSR count). The van der Waals surface area contributed by atoms with Gasteiger partial charge in [0.1, 0.15) is 0 Å². The van der Waals surface area contributed by atoms with Crippen LogP contribution in [0.25, 0.3) is 0 Å². The maximum absolute atomic E-state index is 3.17. The van der Waals surface area contributed by atoms with Crippen LogP contribution in [-0.2, 0) is 27.5 Å². The fraction of sp³-hybridized carbons (Fsp3) is 0.143. The molecule has 2 heterocycles. The number of hydrogen-bond acceptors (Lipinski definition) is 4. The molecule has 28 heavy (non-hydrogen) atoms. The van der Waals surface area contributed by atoms with Gasteiger partial charge in [-0.1, -0.05) is 60.7 Å². The van der Waals surface area contributed by atoms with E-state index in [2.05, 4.69) is 145 Å². The van der Waals surface area contributed by atoms with E-state index >= 15 is 0 Å². The third-order valence-electron chi connectivity index (χ3n) is 4.24. The van der Waals surface area contributed by atoms with E-state index in [9.17, 15) is 0 Å². The van der Waals surface area contributed by atoms with Crippen LogP contribution >= 0.6 is 26.6 Å². The Balaban J connectivity index is 0.000000706. The van der Waals surface area contributed by atoms with Crippen LogP contribution in [0.15, 0.2) is 85.5 Å². The predicted octanol–water partition coefficient (Wildman–Crippen LogP) is 5.45. The van der Waals surface area contributed by atoms with Crippen LogP contribution in [0.3, 0.4) is 0 Å². The summed E-state index contributed by atoms with van der Waals surface area (Å²) in [5.41, 5.74) is 2.62. The Morgan fingerprint density at radius 2 is 0.964 bits per heavy atom. The molecule has 0 amide bonds. The first-order valence-corrected chi connectivity index (χ1v) is 18.7. The zero-order valence-electron chi connectivity index (χ0n) is 15.2. The number of hydrogen-bond donors (Lipinski definition) is 0. The Bertz CT molecular complexity index is 694. The maximum atomic E-state index is 3.17. The van der Waals surface area contributed by atoms with Crippen molar-refractivity contribution in [2.24, 2.45) is 0 Å². The fourth-order valence-electron chi connectivity index (χ4n) is 3.01. The second-order valence-electron chi connectivity index (χ2n) is 6.36. The molecule has 0 atom stereocenters. The van der Waals surface area contributed by atoms with Gasteiger partial charge >= 0.3 is 41.0 Å². The first-order chi connectivity index (χ1) is 13.8. The zero-order chi connectivity index (χ0) is 19.6. The summed E-state index contributed by atoms with van der Waals surface area (Å²) < 4.78 is 0. The minimum absolute atomic E-state index is 0.208. The van der Waals surface area contributed by atoms with Gasteiger partial charge in [-0.25, -0.2) is 0 Å². The third-order valence-corrected chi connectivity index (χ3v) is 4.24. The average Bonchev–Trinajstić information content (AvgIpc) is 3.34. The van der Waals surface area contributed by atoms with E-state index in [1.165, 1.54) is 11.1 Å². The molecule has 2 aromatic carbocycles. The molecule has 150 valence electrons. The number of rotatable bonds is 6. The van der Waals surface area contributed by atoms with Crippen molar-refractivity contribution in [1.29, 1.82) is 0 Å². The molecule has 0 aromatic heterocycles. The Morgan fingerprint density at radius 1 is 0.607 bits per heavy atom.